The number of ether oxygens (including phenoxy) is 1. The molecule has 0 saturated heterocycles. The molecule has 2 amide bonds. The Bertz CT molecular complexity index is 653. The summed E-state index contributed by atoms with van der Waals surface area (Å²) in [5, 5.41) is 4.71. The molecule has 0 bridgehead atoms. The van der Waals surface area contributed by atoms with E-state index in [9.17, 15) is 22.8 Å². The molecule has 0 aromatic rings. The summed E-state index contributed by atoms with van der Waals surface area (Å²) in [5.74, 6) is -2.80. The summed E-state index contributed by atoms with van der Waals surface area (Å²) < 4.78 is 36.1. The standard InChI is InChI=1S/C19H34N2O7S.Na.H/c1-4-5-6-7-8-9-10-11-17(22)21-16(14-29(25,26)27)18(23)20-12-13-28-19(24)15(2)3;;/h16H,2,4-14H2,1,3H3,(H,20,23)(H,21,22)(H,25,26,27);;. The van der Waals surface area contributed by atoms with Crippen molar-refractivity contribution in [2.24, 2.45) is 0 Å². The Morgan fingerprint density at radius 1 is 1.07 bits per heavy atom. The number of esters is 1. The molecule has 30 heavy (non-hydrogen) atoms. The van der Waals surface area contributed by atoms with Crippen molar-refractivity contribution in [1.29, 1.82) is 0 Å². The minimum absolute atomic E-state index is 0. The summed E-state index contributed by atoms with van der Waals surface area (Å²) in [6.07, 6.45) is 7.33. The van der Waals surface area contributed by atoms with Gasteiger partial charge in [0.05, 0.1) is 6.54 Å². The number of amides is 2. The average molecular weight is 459 g/mol. The van der Waals surface area contributed by atoms with E-state index in [4.69, 9.17) is 9.29 Å². The molecule has 1 atom stereocenters. The first-order chi connectivity index (χ1) is 13.6. The zero-order chi connectivity index (χ0) is 22.3. The molecule has 0 rings (SSSR count). The SMILES string of the molecule is C=C(C)C(=O)OCCNC(=O)C(CS(=O)(=O)O)NC(=O)CCCCCCCCC.[NaH]. The Balaban J connectivity index is 0. The molecule has 0 radical (unpaired) electrons. The third kappa shape index (κ3) is 17.9. The zero-order valence-electron chi connectivity index (χ0n) is 17.4. The first-order valence-corrected chi connectivity index (χ1v) is 11.5. The molecule has 3 N–H and O–H groups in total. The Morgan fingerprint density at radius 2 is 1.63 bits per heavy atom. The van der Waals surface area contributed by atoms with E-state index in [2.05, 4.69) is 24.1 Å². The van der Waals surface area contributed by atoms with Crippen molar-refractivity contribution < 1.29 is 32.1 Å². The minimum atomic E-state index is -4.48. The predicted octanol–water partition coefficient (Wildman–Crippen LogP) is 1.09. The van der Waals surface area contributed by atoms with Gasteiger partial charge in [-0.25, -0.2) is 4.79 Å². The Labute approximate surface area is 201 Å². The van der Waals surface area contributed by atoms with Gasteiger partial charge in [-0.3, -0.25) is 14.1 Å². The Hall–Kier alpha value is -0.940. The summed E-state index contributed by atoms with van der Waals surface area (Å²) in [6, 6.07) is -1.43. The van der Waals surface area contributed by atoms with Crippen LogP contribution < -0.4 is 10.6 Å². The molecule has 0 spiro atoms. The van der Waals surface area contributed by atoms with E-state index >= 15 is 0 Å². The van der Waals surface area contributed by atoms with Gasteiger partial charge in [-0.1, -0.05) is 52.0 Å². The van der Waals surface area contributed by atoms with Crippen molar-refractivity contribution >= 4 is 57.5 Å². The van der Waals surface area contributed by atoms with Gasteiger partial charge < -0.3 is 15.4 Å². The van der Waals surface area contributed by atoms with Gasteiger partial charge in [0.1, 0.15) is 18.4 Å². The van der Waals surface area contributed by atoms with Crippen LogP contribution in [0.4, 0.5) is 0 Å². The van der Waals surface area contributed by atoms with E-state index in [0.29, 0.717) is 6.42 Å². The van der Waals surface area contributed by atoms with Crippen LogP contribution in [0.5, 0.6) is 0 Å². The maximum absolute atomic E-state index is 12.2. The van der Waals surface area contributed by atoms with Crippen molar-refractivity contribution in [1.82, 2.24) is 10.6 Å². The van der Waals surface area contributed by atoms with E-state index in [1.54, 1.807) is 0 Å². The van der Waals surface area contributed by atoms with E-state index in [-0.39, 0.29) is 54.7 Å². The van der Waals surface area contributed by atoms with Crippen LogP contribution in [-0.2, 0) is 29.2 Å². The Morgan fingerprint density at radius 3 is 2.17 bits per heavy atom. The molecule has 170 valence electrons. The molecule has 1 unspecified atom stereocenters. The molecule has 0 heterocycles. The number of carbonyl (C=O) groups excluding carboxylic acids is 3. The topological polar surface area (TPSA) is 139 Å². The number of nitrogens with one attached hydrogen (secondary N) is 2. The van der Waals surface area contributed by atoms with Crippen LogP contribution in [-0.4, -0.2) is 85.3 Å². The van der Waals surface area contributed by atoms with Crippen LogP contribution in [0.25, 0.3) is 0 Å². The molecule has 0 fully saturated rings. The molecule has 0 aromatic carbocycles. The molecule has 0 saturated carbocycles. The second-order valence-corrected chi connectivity index (χ2v) is 8.44. The zero-order valence-corrected chi connectivity index (χ0v) is 18.2. The van der Waals surface area contributed by atoms with Gasteiger partial charge in [-0.05, 0) is 13.3 Å². The third-order valence-electron chi connectivity index (χ3n) is 4.02. The Kier molecular flexibility index (Phi) is 18.4. The van der Waals surface area contributed by atoms with E-state index < -0.39 is 39.7 Å². The summed E-state index contributed by atoms with van der Waals surface area (Å²) >= 11 is 0. The molecule has 11 heteroatoms. The van der Waals surface area contributed by atoms with Crippen LogP contribution in [0, 0.1) is 0 Å². The summed E-state index contributed by atoms with van der Waals surface area (Å²) in [5.41, 5.74) is 0.207. The molecule has 0 aliphatic rings. The fourth-order valence-corrected chi connectivity index (χ4v) is 3.12. The van der Waals surface area contributed by atoms with Gasteiger partial charge in [-0.15, -0.1) is 0 Å². The van der Waals surface area contributed by atoms with Crippen LogP contribution in [0.3, 0.4) is 0 Å². The van der Waals surface area contributed by atoms with Crippen LogP contribution in [0.15, 0.2) is 12.2 Å². The second kappa shape index (κ2) is 17.7. The van der Waals surface area contributed by atoms with Crippen molar-refractivity contribution in [3.63, 3.8) is 0 Å². The number of carbonyl (C=O) groups is 3. The third-order valence-corrected chi connectivity index (χ3v) is 4.77. The van der Waals surface area contributed by atoms with E-state index in [1.165, 1.54) is 19.8 Å². The quantitative estimate of drug-likeness (QED) is 0.103. The van der Waals surface area contributed by atoms with Crippen molar-refractivity contribution in [3.05, 3.63) is 12.2 Å². The molecule has 0 aliphatic carbocycles. The van der Waals surface area contributed by atoms with Gasteiger partial charge in [0.2, 0.25) is 11.8 Å². The van der Waals surface area contributed by atoms with E-state index in [1.807, 2.05) is 0 Å². The van der Waals surface area contributed by atoms with Gasteiger partial charge in [0, 0.05) is 12.0 Å². The van der Waals surface area contributed by atoms with Crippen LogP contribution in [0.1, 0.15) is 65.2 Å². The first-order valence-electron chi connectivity index (χ1n) is 9.91. The number of rotatable bonds is 16. The van der Waals surface area contributed by atoms with Crippen molar-refractivity contribution in [2.45, 2.75) is 71.3 Å². The van der Waals surface area contributed by atoms with Gasteiger partial charge >= 0.3 is 35.5 Å². The molecular weight excluding hydrogens is 423 g/mol. The summed E-state index contributed by atoms with van der Waals surface area (Å²) in [6.45, 7) is 6.82. The van der Waals surface area contributed by atoms with Gasteiger partial charge in [0.25, 0.3) is 10.1 Å². The monoisotopic (exact) mass is 458 g/mol. The van der Waals surface area contributed by atoms with Gasteiger partial charge in [0.15, 0.2) is 0 Å². The second-order valence-electron chi connectivity index (χ2n) is 6.95. The number of hydrogen-bond acceptors (Lipinski definition) is 6. The number of hydrogen-bond donors (Lipinski definition) is 3. The average Bonchev–Trinajstić information content (AvgIpc) is 2.62. The normalized spacial score (nSPS) is 11.7. The first kappa shape index (κ1) is 31.2. The van der Waals surface area contributed by atoms with Crippen molar-refractivity contribution in [2.75, 3.05) is 18.9 Å². The fourth-order valence-electron chi connectivity index (χ4n) is 2.47. The molecule has 9 nitrogen and oxygen atoms in total. The number of unbranched alkanes of at least 4 members (excludes halogenated alkanes) is 6. The van der Waals surface area contributed by atoms with Crippen molar-refractivity contribution in [3.8, 4) is 0 Å². The fraction of sp³-hybridized carbons (Fsp3) is 0.737. The van der Waals surface area contributed by atoms with E-state index in [0.717, 1.165) is 25.7 Å². The molecular formula is C19H35N2NaO7S. The molecule has 0 aliphatic heterocycles. The molecule has 0 aromatic heterocycles. The van der Waals surface area contributed by atoms with Crippen LogP contribution in [0.2, 0.25) is 0 Å². The maximum atomic E-state index is 12.2. The predicted molar refractivity (Wildman–Crippen MR) is 117 cm³/mol. The summed E-state index contributed by atoms with van der Waals surface area (Å²) in [7, 11) is -4.48. The summed E-state index contributed by atoms with van der Waals surface area (Å²) in [4.78, 5) is 35.4. The van der Waals surface area contributed by atoms with Gasteiger partial charge in [-0.2, -0.15) is 8.42 Å². The van der Waals surface area contributed by atoms with Crippen LogP contribution >= 0.6 is 0 Å².